The van der Waals surface area contributed by atoms with Crippen LogP contribution in [0, 0.1) is 12.7 Å². The molecule has 21 heavy (non-hydrogen) atoms. The van der Waals surface area contributed by atoms with E-state index in [1.807, 2.05) is 19.1 Å². The molecule has 3 aromatic rings. The number of aryl methyl sites for hydroxylation is 1. The predicted molar refractivity (Wildman–Crippen MR) is 75.9 cm³/mol. The zero-order chi connectivity index (χ0) is 15.0. The Hall–Kier alpha value is -2.89. The van der Waals surface area contributed by atoms with Gasteiger partial charge in [0, 0.05) is 11.3 Å². The summed E-state index contributed by atoms with van der Waals surface area (Å²) < 4.78 is 18.5. The van der Waals surface area contributed by atoms with E-state index in [9.17, 15) is 9.50 Å². The van der Waals surface area contributed by atoms with Gasteiger partial charge in [-0.15, -0.1) is 0 Å². The maximum absolute atomic E-state index is 13.4. The Morgan fingerprint density at radius 1 is 1.24 bits per heavy atom. The van der Waals surface area contributed by atoms with Crippen LogP contribution in [0.4, 0.5) is 10.1 Å². The van der Waals surface area contributed by atoms with Crippen LogP contribution < -0.4 is 5.73 Å². The van der Waals surface area contributed by atoms with E-state index < -0.39 is 11.6 Å². The Bertz CT molecular complexity index is 814. The van der Waals surface area contributed by atoms with Gasteiger partial charge in [-0.2, -0.15) is 4.98 Å². The number of rotatable bonds is 2. The van der Waals surface area contributed by atoms with Gasteiger partial charge in [-0.25, -0.2) is 4.39 Å². The number of nitrogens with zero attached hydrogens (tertiary/aromatic N) is 2. The maximum atomic E-state index is 13.4. The number of aromatic nitrogens is 2. The molecule has 0 spiro atoms. The van der Waals surface area contributed by atoms with Crippen molar-refractivity contribution in [2.75, 3.05) is 5.73 Å². The number of hydrogen-bond donors (Lipinski definition) is 2. The van der Waals surface area contributed by atoms with Crippen molar-refractivity contribution < 1.29 is 14.0 Å². The van der Waals surface area contributed by atoms with Crippen LogP contribution in [0.1, 0.15) is 5.56 Å². The summed E-state index contributed by atoms with van der Waals surface area (Å²) in [5.74, 6) is -0.677. The number of halogens is 1. The van der Waals surface area contributed by atoms with Crippen LogP contribution in [-0.2, 0) is 0 Å². The zero-order valence-electron chi connectivity index (χ0n) is 11.2. The molecule has 2 aromatic carbocycles. The summed E-state index contributed by atoms with van der Waals surface area (Å²) in [6.45, 7) is 1.88. The minimum absolute atomic E-state index is 0.227. The van der Waals surface area contributed by atoms with Gasteiger partial charge < -0.3 is 15.4 Å². The number of hydrogen-bond acceptors (Lipinski definition) is 5. The average molecular weight is 285 g/mol. The summed E-state index contributed by atoms with van der Waals surface area (Å²) >= 11 is 0. The number of para-hydroxylation sites is 1. The Labute approximate surface area is 119 Å². The van der Waals surface area contributed by atoms with E-state index >= 15 is 0 Å². The molecule has 0 saturated carbocycles. The molecule has 0 fully saturated rings. The quantitative estimate of drug-likeness (QED) is 0.706. The minimum atomic E-state index is -0.742. The van der Waals surface area contributed by atoms with Crippen LogP contribution in [0.5, 0.6) is 5.75 Å². The molecule has 0 bridgehead atoms. The Morgan fingerprint density at radius 2 is 2.05 bits per heavy atom. The van der Waals surface area contributed by atoms with Gasteiger partial charge in [0.1, 0.15) is 0 Å². The Kier molecular flexibility index (Phi) is 3.06. The molecule has 0 radical (unpaired) electrons. The van der Waals surface area contributed by atoms with Crippen LogP contribution in [0.3, 0.4) is 0 Å². The molecular weight excluding hydrogens is 273 g/mol. The number of phenolic OH excluding ortho intramolecular Hbond substituents is 1. The molecule has 0 unspecified atom stereocenters. The lowest BCUT2D eigenvalue weighted by Crippen LogP contribution is -1.93. The van der Waals surface area contributed by atoms with Crippen LogP contribution in [0.25, 0.3) is 22.8 Å². The fourth-order valence-electron chi connectivity index (χ4n) is 1.96. The van der Waals surface area contributed by atoms with E-state index in [1.54, 1.807) is 6.07 Å². The number of nitrogen functional groups attached to an aromatic ring is 1. The highest BCUT2D eigenvalue weighted by atomic mass is 19.1. The SMILES string of the molecule is Cc1cccc(-c2nc(-c3ccc(O)c(F)c3)no2)c1N. The molecule has 1 aromatic heterocycles. The monoisotopic (exact) mass is 285 g/mol. The van der Waals surface area contributed by atoms with Crippen molar-refractivity contribution in [2.45, 2.75) is 6.92 Å². The van der Waals surface area contributed by atoms with Gasteiger partial charge in [0.2, 0.25) is 5.82 Å². The standard InChI is InChI=1S/C15H12FN3O2/c1-8-3-2-4-10(13(8)17)15-18-14(19-21-15)9-5-6-12(20)11(16)7-9/h2-7,20H,17H2,1H3. The van der Waals surface area contributed by atoms with Crippen molar-refractivity contribution in [3.05, 3.63) is 47.8 Å². The average Bonchev–Trinajstić information content (AvgIpc) is 2.94. The third kappa shape index (κ3) is 2.31. The summed E-state index contributed by atoms with van der Waals surface area (Å²) in [5.41, 5.74) is 8.49. The lowest BCUT2D eigenvalue weighted by atomic mass is 10.1. The van der Waals surface area contributed by atoms with Crippen molar-refractivity contribution in [1.82, 2.24) is 10.1 Å². The van der Waals surface area contributed by atoms with Crippen LogP contribution in [0.2, 0.25) is 0 Å². The third-order valence-electron chi connectivity index (χ3n) is 3.19. The molecule has 0 atom stereocenters. The van der Waals surface area contributed by atoms with Gasteiger partial charge in [-0.05, 0) is 36.8 Å². The molecule has 0 aliphatic carbocycles. The smallest absolute Gasteiger partial charge is 0.260 e. The van der Waals surface area contributed by atoms with Crippen molar-refractivity contribution in [2.24, 2.45) is 0 Å². The number of phenols is 1. The van der Waals surface area contributed by atoms with Crippen molar-refractivity contribution in [1.29, 1.82) is 0 Å². The molecule has 1 heterocycles. The molecule has 0 aliphatic rings. The first-order valence-corrected chi connectivity index (χ1v) is 6.24. The van der Waals surface area contributed by atoms with Gasteiger partial charge in [0.05, 0.1) is 5.56 Å². The van der Waals surface area contributed by atoms with Crippen molar-refractivity contribution in [3.8, 4) is 28.6 Å². The lowest BCUT2D eigenvalue weighted by molar-refractivity contribution is 0.430. The van der Waals surface area contributed by atoms with E-state index in [4.69, 9.17) is 10.3 Å². The van der Waals surface area contributed by atoms with Crippen LogP contribution in [0.15, 0.2) is 40.9 Å². The van der Waals surface area contributed by atoms with E-state index in [2.05, 4.69) is 10.1 Å². The number of nitrogens with two attached hydrogens (primary N) is 1. The molecule has 106 valence electrons. The molecule has 5 nitrogen and oxygen atoms in total. The molecule has 0 saturated heterocycles. The molecular formula is C15H12FN3O2. The highest BCUT2D eigenvalue weighted by Gasteiger charge is 2.14. The molecule has 3 rings (SSSR count). The summed E-state index contributed by atoms with van der Waals surface area (Å²) in [6.07, 6.45) is 0. The highest BCUT2D eigenvalue weighted by Crippen LogP contribution is 2.29. The highest BCUT2D eigenvalue weighted by molar-refractivity contribution is 5.74. The van der Waals surface area contributed by atoms with E-state index in [1.165, 1.54) is 12.1 Å². The van der Waals surface area contributed by atoms with E-state index in [0.717, 1.165) is 11.6 Å². The zero-order valence-corrected chi connectivity index (χ0v) is 11.2. The summed E-state index contributed by atoms with van der Waals surface area (Å²) in [6, 6.07) is 9.38. The van der Waals surface area contributed by atoms with Gasteiger partial charge in [0.15, 0.2) is 11.6 Å². The largest absolute Gasteiger partial charge is 0.505 e. The van der Waals surface area contributed by atoms with Gasteiger partial charge in [0.25, 0.3) is 5.89 Å². The van der Waals surface area contributed by atoms with Crippen LogP contribution >= 0.6 is 0 Å². The van der Waals surface area contributed by atoms with Crippen molar-refractivity contribution >= 4 is 5.69 Å². The molecule has 0 amide bonds. The molecule has 6 heteroatoms. The fraction of sp³-hybridized carbons (Fsp3) is 0.0667. The normalized spacial score (nSPS) is 10.8. The predicted octanol–water partition coefficient (Wildman–Crippen LogP) is 3.14. The van der Waals surface area contributed by atoms with Gasteiger partial charge in [-0.3, -0.25) is 0 Å². The summed E-state index contributed by atoms with van der Waals surface area (Å²) in [5, 5.41) is 13.0. The third-order valence-corrected chi connectivity index (χ3v) is 3.19. The first-order valence-electron chi connectivity index (χ1n) is 6.24. The minimum Gasteiger partial charge on any atom is -0.505 e. The van der Waals surface area contributed by atoms with E-state index in [-0.39, 0.29) is 11.7 Å². The van der Waals surface area contributed by atoms with Gasteiger partial charge >= 0.3 is 0 Å². The maximum Gasteiger partial charge on any atom is 0.260 e. The second-order valence-electron chi connectivity index (χ2n) is 4.63. The number of anilines is 1. The summed E-state index contributed by atoms with van der Waals surface area (Å²) in [7, 11) is 0. The van der Waals surface area contributed by atoms with E-state index in [0.29, 0.717) is 16.8 Å². The number of aromatic hydroxyl groups is 1. The van der Waals surface area contributed by atoms with Crippen LogP contribution in [-0.4, -0.2) is 15.2 Å². The summed E-state index contributed by atoms with van der Waals surface area (Å²) in [4.78, 5) is 4.22. The second-order valence-corrected chi connectivity index (χ2v) is 4.63. The first kappa shape index (κ1) is 13.1. The fourth-order valence-corrected chi connectivity index (χ4v) is 1.96. The lowest BCUT2D eigenvalue weighted by Gasteiger charge is -2.03. The topological polar surface area (TPSA) is 85.2 Å². The first-order chi connectivity index (χ1) is 10.1. The van der Waals surface area contributed by atoms with Crippen molar-refractivity contribution in [3.63, 3.8) is 0 Å². The van der Waals surface area contributed by atoms with Gasteiger partial charge in [-0.1, -0.05) is 17.3 Å². The number of benzene rings is 2. The Balaban J connectivity index is 2.03. The second kappa shape index (κ2) is 4.90. The molecule has 0 aliphatic heterocycles. The molecule has 3 N–H and O–H groups in total. The Morgan fingerprint density at radius 3 is 2.81 bits per heavy atom.